The molecule has 122 valence electrons. The number of nitrogens with one attached hydrogen (secondary N) is 1. The summed E-state index contributed by atoms with van der Waals surface area (Å²) in [4.78, 5) is 29.0. The van der Waals surface area contributed by atoms with Crippen molar-refractivity contribution >= 4 is 23.2 Å². The Morgan fingerprint density at radius 2 is 2.18 bits per heavy atom. The van der Waals surface area contributed by atoms with Gasteiger partial charge in [-0.05, 0) is 51.7 Å². The van der Waals surface area contributed by atoms with Crippen molar-refractivity contribution in [3.63, 3.8) is 0 Å². The molecule has 0 aromatic carbocycles. The van der Waals surface area contributed by atoms with Crippen LogP contribution >= 0.6 is 11.3 Å². The molecule has 0 radical (unpaired) electrons. The maximum absolute atomic E-state index is 12.6. The van der Waals surface area contributed by atoms with E-state index in [4.69, 9.17) is 0 Å². The van der Waals surface area contributed by atoms with Gasteiger partial charge in [-0.15, -0.1) is 11.3 Å². The van der Waals surface area contributed by atoms with Crippen LogP contribution in [0.3, 0.4) is 0 Å². The first-order valence-corrected chi connectivity index (χ1v) is 8.92. The molecule has 1 aromatic heterocycles. The Balaban J connectivity index is 2.01. The molecule has 4 nitrogen and oxygen atoms in total. The van der Waals surface area contributed by atoms with Gasteiger partial charge in [-0.1, -0.05) is 6.92 Å². The summed E-state index contributed by atoms with van der Waals surface area (Å²) < 4.78 is 0. The number of carbonyl (C=O) groups is 2. The second-order valence-corrected chi connectivity index (χ2v) is 7.55. The van der Waals surface area contributed by atoms with E-state index in [9.17, 15) is 9.59 Å². The summed E-state index contributed by atoms with van der Waals surface area (Å²) in [6.07, 6.45) is 3.05. The summed E-state index contributed by atoms with van der Waals surface area (Å²) in [5.74, 6) is 0.0908. The average molecular weight is 322 g/mol. The predicted octanol–water partition coefficient (Wildman–Crippen LogP) is 3.33. The molecule has 0 unspecified atom stereocenters. The van der Waals surface area contributed by atoms with Gasteiger partial charge in [0.25, 0.3) is 0 Å². The first-order chi connectivity index (χ1) is 10.4. The zero-order valence-electron chi connectivity index (χ0n) is 13.9. The predicted molar refractivity (Wildman–Crippen MR) is 90.0 cm³/mol. The Morgan fingerprint density at radius 1 is 1.45 bits per heavy atom. The minimum Gasteiger partial charge on any atom is -0.348 e. The number of amides is 2. The van der Waals surface area contributed by atoms with Crippen molar-refractivity contribution in [2.45, 2.75) is 65.5 Å². The Labute approximate surface area is 136 Å². The molecule has 2 amide bonds. The Hall–Kier alpha value is -1.36. The molecule has 2 rings (SSSR count). The fraction of sp³-hybridized carbons (Fsp3) is 0.647. The molecule has 1 aromatic rings. The Kier molecular flexibility index (Phi) is 5.62. The summed E-state index contributed by atoms with van der Waals surface area (Å²) in [6, 6.07) is 1.84. The summed E-state index contributed by atoms with van der Waals surface area (Å²) >= 11 is 1.75. The number of rotatable bonds is 5. The van der Waals surface area contributed by atoms with Gasteiger partial charge in [0, 0.05) is 22.7 Å². The van der Waals surface area contributed by atoms with Crippen LogP contribution in [0.15, 0.2) is 6.07 Å². The maximum Gasteiger partial charge on any atom is 0.243 e. The number of aryl methyl sites for hydroxylation is 2. The minimum absolute atomic E-state index is 0.0128. The monoisotopic (exact) mass is 322 g/mol. The third-order valence-electron chi connectivity index (χ3n) is 4.24. The van der Waals surface area contributed by atoms with E-state index in [1.54, 1.807) is 16.2 Å². The number of likely N-dealkylation sites (tertiary alicyclic amines) is 1. The van der Waals surface area contributed by atoms with Gasteiger partial charge in [0.2, 0.25) is 11.8 Å². The molecule has 1 fully saturated rings. The quantitative estimate of drug-likeness (QED) is 0.904. The number of carbonyl (C=O) groups excluding carboxylic acids is 2. The Morgan fingerprint density at radius 3 is 2.77 bits per heavy atom. The van der Waals surface area contributed by atoms with E-state index in [0.29, 0.717) is 13.0 Å². The first-order valence-electron chi connectivity index (χ1n) is 8.10. The molecule has 0 aliphatic carbocycles. The van der Waals surface area contributed by atoms with Crippen LogP contribution in [0.25, 0.3) is 0 Å². The van der Waals surface area contributed by atoms with Crippen LogP contribution in [0.1, 0.15) is 60.9 Å². The van der Waals surface area contributed by atoms with E-state index >= 15 is 0 Å². The van der Waals surface area contributed by atoms with E-state index in [0.717, 1.165) is 19.3 Å². The van der Waals surface area contributed by atoms with E-state index in [-0.39, 0.29) is 23.9 Å². The highest BCUT2D eigenvalue weighted by atomic mass is 32.1. The van der Waals surface area contributed by atoms with Crippen LogP contribution in [0.4, 0.5) is 0 Å². The third kappa shape index (κ3) is 3.69. The Bertz CT molecular complexity index is 553. The van der Waals surface area contributed by atoms with E-state index in [1.807, 2.05) is 13.8 Å². The van der Waals surface area contributed by atoms with Crippen molar-refractivity contribution in [2.75, 3.05) is 6.54 Å². The summed E-state index contributed by atoms with van der Waals surface area (Å²) in [5, 5.41) is 3.09. The molecular weight excluding hydrogens is 296 g/mol. The summed E-state index contributed by atoms with van der Waals surface area (Å²) in [7, 11) is 0. The largest absolute Gasteiger partial charge is 0.348 e. The molecule has 2 heterocycles. The number of hydrogen-bond donors (Lipinski definition) is 1. The zero-order chi connectivity index (χ0) is 16.3. The lowest BCUT2D eigenvalue weighted by atomic mass is 10.1. The number of thiophene rings is 1. The van der Waals surface area contributed by atoms with Crippen LogP contribution < -0.4 is 5.32 Å². The number of nitrogens with zero attached hydrogens (tertiary/aromatic N) is 1. The van der Waals surface area contributed by atoms with Gasteiger partial charge < -0.3 is 10.2 Å². The lowest BCUT2D eigenvalue weighted by Crippen LogP contribution is -2.46. The molecule has 1 saturated heterocycles. The smallest absolute Gasteiger partial charge is 0.243 e. The molecule has 2 atom stereocenters. The molecule has 1 aliphatic rings. The SMILES string of the molecule is CCCC(=O)N1CCC[C@@H]1C(=O)N[C@H](C)c1cc(C)sc1C. The molecule has 22 heavy (non-hydrogen) atoms. The van der Waals surface area contributed by atoms with E-state index in [2.05, 4.69) is 25.2 Å². The molecule has 0 spiro atoms. The normalized spacial score (nSPS) is 19.3. The van der Waals surface area contributed by atoms with Crippen molar-refractivity contribution in [2.24, 2.45) is 0 Å². The molecule has 5 heteroatoms. The first kappa shape index (κ1) is 17.0. The highest BCUT2D eigenvalue weighted by Gasteiger charge is 2.34. The second kappa shape index (κ2) is 7.27. The zero-order valence-corrected chi connectivity index (χ0v) is 14.8. The summed E-state index contributed by atoms with van der Waals surface area (Å²) in [5.41, 5.74) is 1.18. The van der Waals surface area contributed by atoms with Gasteiger partial charge in [0.15, 0.2) is 0 Å². The van der Waals surface area contributed by atoms with Crippen LogP contribution in [0.2, 0.25) is 0 Å². The highest BCUT2D eigenvalue weighted by Crippen LogP contribution is 2.27. The second-order valence-electron chi connectivity index (χ2n) is 6.09. The van der Waals surface area contributed by atoms with Crippen molar-refractivity contribution in [3.05, 3.63) is 21.4 Å². The van der Waals surface area contributed by atoms with Crippen LogP contribution in [0, 0.1) is 13.8 Å². The molecule has 0 saturated carbocycles. The third-order valence-corrected chi connectivity index (χ3v) is 5.23. The van der Waals surface area contributed by atoms with Crippen LogP contribution in [0.5, 0.6) is 0 Å². The number of hydrogen-bond acceptors (Lipinski definition) is 3. The van der Waals surface area contributed by atoms with Gasteiger partial charge >= 0.3 is 0 Å². The van der Waals surface area contributed by atoms with Crippen molar-refractivity contribution in [1.29, 1.82) is 0 Å². The van der Waals surface area contributed by atoms with Crippen molar-refractivity contribution in [1.82, 2.24) is 10.2 Å². The fourth-order valence-electron chi connectivity index (χ4n) is 3.16. The van der Waals surface area contributed by atoms with E-state index in [1.165, 1.54) is 15.3 Å². The molecule has 1 N–H and O–H groups in total. The van der Waals surface area contributed by atoms with Gasteiger partial charge in [-0.25, -0.2) is 0 Å². The maximum atomic E-state index is 12.6. The van der Waals surface area contributed by atoms with Crippen molar-refractivity contribution in [3.8, 4) is 0 Å². The van der Waals surface area contributed by atoms with Crippen LogP contribution in [-0.2, 0) is 9.59 Å². The molecular formula is C17H26N2O2S. The van der Waals surface area contributed by atoms with Gasteiger partial charge in [0.05, 0.1) is 6.04 Å². The van der Waals surface area contributed by atoms with E-state index < -0.39 is 0 Å². The minimum atomic E-state index is -0.290. The van der Waals surface area contributed by atoms with Gasteiger partial charge in [-0.3, -0.25) is 9.59 Å². The summed E-state index contributed by atoms with van der Waals surface area (Å²) in [6.45, 7) is 8.88. The van der Waals surface area contributed by atoms with Crippen molar-refractivity contribution < 1.29 is 9.59 Å². The highest BCUT2D eigenvalue weighted by molar-refractivity contribution is 7.12. The average Bonchev–Trinajstić information content (AvgIpc) is 3.05. The standard InChI is InChI=1S/C17H26N2O2S/c1-5-7-16(20)19-9-6-8-15(19)17(21)18-12(3)14-10-11(2)22-13(14)4/h10,12,15H,5-9H2,1-4H3,(H,18,21)/t12-,15-/m1/s1. The van der Waals surface area contributed by atoms with Gasteiger partial charge in [0.1, 0.15) is 6.04 Å². The fourth-order valence-corrected chi connectivity index (χ4v) is 4.19. The lowest BCUT2D eigenvalue weighted by Gasteiger charge is -2.25. The molecule has 1 aliphatic heterocycles. The topological polar surface area (TPSA) is 49.4 Å². The lowest BCUT2D eigenvalue weighted by molar-refractivity contribution is -0.138. The van der Waals surface area contributed by atoms with Crippen LogP contribution in [-0.4, -0.2) is 29.3 Å². The van der Waals surface area contributed by atoms with Gasteiger partial charge in [-0.2, -0.15) is 0 Å². The molecule has 0 bridgehead atoms.